The van der Waals surface area contributed by atoms with E-state index in [1.165, 1.54) is 0 Å². The Morgan fingerprint density at radius 3 is 2.76 bits per heavy atom. The molecule has 0 spiro atoms. The van der Waals surface area contributed by atoms with Crippen molar-refractivity contribution in [1.82, 2.24) is 15.3 Å². The van der Waals surface area contributed by atoms with Crippen LogP contribution in [0.5, 0.6) is 0 Å². The van der Waals surface area contributed by atoms with E-state index in [1.807, 2.05) is 0 Å². The average Bonchev–Trinajstić information content (AvgIpc) is 2.34. The summed E-state index contributed by atoms with van der Waals surface area (Å²) in [5.41, 5.74) is 0.982. The first-order valence-electron chi connectivity index (χ1n) is 6.27. The van der Waals surface area contributed by atoms with Gasteiger partial charge >= 0.3 is 0 Å². The minimum Gasteiger partial charge on any atom is -0.381 e. The Morgan fingerprint density at radius 2 is 2.12 bits per heavy atom. The summed E-state index contributed by atoms with van der Waals surface area (Å²) in [4.78, 5) is 8.32. The van der Waals surface area contributed by atoms with Crippen molar-refractivity contribution in [3.63, 3.8) is 0 Å². The molecule has 0 saturated heterocycles. The second-order valence-corrected chi connectivity index (χ2v) is 4.63. The van der Waals surface area contributed by atoms with Gasteiger partial charge < -0.3 is 10.1 Å². The SMILES string of the molecule is CC(C)COCCCNC(C)c1cnccn1. The predicted molar refractivity (Wildman–Crippen MR) is 68.7 cm³/mol. The average molecular weight is 237 g/mol. The van der Waals surface area contributed by atoms with Gasteiger partial charge in [-0.15, -0.1) is 0 Å². The molecule has 1 unspecified atom stereocenters. The van der Waals surface area contributed by atoms with Crippen molar-refractivity contribution in [2.24, 2.45) is 5.92 Å². The lowest BCUT2D eigenvalue weighted by molar-refractivity contribution is 0.107. The van der Waals surface area contributed by atoms with Crippen LogP contribution in [0.4, 0.5) is 0 Å². The lowest BCUT2D eigenvalue weighted by atomic mass is 10.2. The molecule has 1 aromatic rings. The zero-order valence-electron chi connectivity index (χ0n) is 11.0. The summed E-state index contributed by atoms with van der Waals surface area (Å²) in [6, 6.07) is 0.244. The number of nitrogens with one attached hydrogen (secondary N) is 1. The van der Waals surface area contributed by atoms with Crippen molar-refractivity contribution in [2.75, 3.05) is 19.8 Å². The van der Waals surface area contributed by atoms with Crippen LogP contribution in [0.15, 0.2) is 18.6 Å². The van der Waals surface area contributed by atoms with Crippen molar-refractivity contribution in [3.05, 3.63) is 24.3 Å². The smallest absolute Gasteiger partial charge is 0.0753 e. The molecule has 0 aliphatic heterocycles. The molecule has 96 valence electrons. The first kappa shape index (κ1) is 14.1. The van der Waals surface area contributed by atoms with Gasteiger partial charge in [0.05, 0.1) is 5.69 Å². The molecule has 1 heterocycles. The molecule has 0 amide bonds. The molecule has 0 aliphatic carbocycles. The zero-order valence-corrected chi connectivity index (χ0v) is 11.0. The molecular formula is C13H23N3O. The van der Waals surface area contributed by atoms with E-state index in [0.29, 0.717) is 5.92 Å². The van der Waals surface area contributed by atoms with Gasteiger partial charge in [0.25, 0.3) is 0 Å². The Bertz CT molecular complexity index is 290. The number of rotatable bonds is 8. The molecule has 0 bridgehead atoms. The van der Waals surface area contributed by atoms with Crippen LogP contribution in [0.2, 0.25) is 0 Å². The molecule has 4 nitrogen and oxygen atoms in total. The van der Waals surface area contributed by atoms with Crippen LogP contribution in [0, 0.1) is 5.92 Å². The van der Waals surface area contributed by atoms with Crippen molar-refractivity contribution in [1.29, 1.82) is 0 Å². The van der Waals surface area contributed by atoms with E-state index in [9.17, 15) is 0 Å². The van der Waals surface area contributed by atoms with Crippen molar-refractivity contribution in [2.45, 2.75) is 33.2 Å². The number of hydrogen-bond acceptors (Lipinski definition) is 4. The van der Waals surface area contributed by atoms with E-state index >= 15 is 0 Å². The first-order valence-corrected chi connectivity index (χ1v) is 6.27. The quantitative estimate of drug-likeness (QED) is 0.704. The Labute approximate surface area is 104 Å². The van der Waals surface area contributed by atoms with Crippen LogP contribution < -0.4 is 5.32 Å². The third kappa shape index (κ3) is 6.34. The highest BCUT2D eigenvalue weighted by molar-refractivity contribution is 5.00. The van der Waals surface area contributed by atoms with Crippen LogP contribution >= 0.6 is 0 Å². The van der Waals surface area contributed by atoms with Gasteiger partial charge in [-0.1, -0.05) is 13.8 Å². The highest BCUT2D eigenvalue weighted by Crippen LogP contribution is 2.05. The van der Waals surface area contributed by atoms with Gasteiger partial charge in [-0.05, 0) is 25.8 Å². The van der Waals surface area contributed by atoms with Crippen molar-refractivity contribution in [3.8, 4) is 0 Å². The van der Waals surface area contributed by atoms with Crippen molar-refractivity contribution < 1.29 is 4.74 Å². The highest BCUT2D eigenvalue weighted by atomic mass is 16.5. The summed E-state index contributed by atoms with van der Waals surface area (Å²) in [6.45, 7) is 9.02. The molecule has 0 saturated carbocycles. The van der Waals surface area contributed by atoms with Crippen LogP contribution in [0.1, 0.15) is 38.9 Å². The Hall–Kier alpha value is -1.00. The van der Waals surface area contributed by atoms with E-state index in [1.54, 1.807) is 18.6 Å². The van der Waals surface area contributed by atoms with Gasteiger partial charge in [0.15, 0.2) is 0 Å². The second-order valence-electron chi connectivity index (χ2n) is 4.63. The summed E-state index contributed by atoms with van der Waals surface area (Å²) in [5, 5.41) is 3.40. The number of aromatic nitrogens is 2. The van der Waals surface area contributed by atoms with E-state index in [0.717, 1.165) is 31.9 Å². The summed E-state index contributed by atoms with van der Waals surface area (Å²) >= 11 is 0. The lowest BCUT2D eigenvalue weighted by Gasteiger charge is -2.13. The van der Waals surface area contributed by atoms with E-state index in [4.69, 9.17) is 4.74 Å². The molecule has 17 heavy (non-hydrogen) atoms. The van der Waals surface area contributed by atoms with Crippen LogP contribution in [-0.4, -0.2) is 29.7 Å². The van der Waals surface area contributed by atoms with E-state index in [-0.39, 0.29) is 6.04 Å². The highest BCUT2D eigenvalue weighted by Gasteiger charge is 2.04. The fraction of sp³-hybridized carbons (Fsp3) is 0.692. The fourth-order valence-electron chi connectivity index (χ4n) is 1.45. The monoisotopic (exact) mass is 237 g/mol. The van der Waals surface area contributed by atoms with Gasteiger partial charge in [0.2, 0.25) is 0 Å². The Balaban J connectivity index is 2.07. The molecule has 1 atom stereocenters. The maximum atomic E-state index is 5.51. The van der Waals surface area contributed by atoms with Gasteiger partial charge in [-0.3, -0.25) is 9.97 Å². The molecule has 0 fully saturated rings. The Morgan fingerprint density at radius 1 is 1.29 bits per heavy atom. The lowest BCUT2D eigenvalue weighted by Crippen LogP contribution is -2.22. The maximum absolute atomic E-state index is 5.51. The largest absolute Gasteiger partial charge is 0.381 e. The standard InChI is InChI=1S/C13H23N3O/c1-11(2)10-17-8-4-5-15-12(3)13-9-14-6-7-16-13/h6-7,9,11-12,15H,4-5,8,10H2,1-3H3. The number of ether oxygens (including phenoxy) is 1. The van der Waals surface area contributed by atoms with Crippen LogP contribution in [-0.2, 0) is 4.74 Å². The summed E-state index contributed by atoms with van der Waals surface area (Å²) in [6.07, 6.45) is 6.24. The summed E-state index contributed by atoms with van der Waals surface area (Å²) in [5.74, 6) is 0.612. The summed E-state index contributed by atoms with van der Waals surface area (Å²) in [7, 11) is 0. The molecule has 4 heteroatoms. The van der Waals surface area contributed by atoms with E-state index < -0.39 is 0 Å². The second kappa shape index (κ2) is 8.14. The predicted octanol–water partition coefficient (Wildman–Crippen LogP) is 2.19. The number of hydrogen-bond donors (Lipinski definition) is 1. The fourth-order valence-corrected chi connectivity index (χ4v) is 1.45. The zero-order chi connectivity index (χ0) is 12.5. The molecule has 1 rings (SSSR count). The molecule has 1 aromatic heterocycles. The molecule has 0 radical (unpaired) electrons. The van der Waals surface area contributed by atoms with Crippen LogP contribution in [0.25, 0.3) is 0 Å². The normalized spacial score (nSPS) is 12.9. The third-order valence-corrected chi connectivity index (χ3v) is 2.39. The summed E-state index contributed by atoms with van der Waals surface area (Å²) < 4.78 is 5.51. The topological polar surface area (TPSA) is 47.0 Å². The Kier molecular flexibility index (Phi) is 6.74. The maximum Gasteiger partial charge on any atom is 0.0753 e. The minimum atomic E-state index is 0.244. The molecule has 1 N–H and O–H groups in total. The first-order chi connectivity index (χ1) is 8.20. The van der Waals surface area contributed by atoms with Gasteiger partial charge in [0.1, 0.15) is 0 Å². The minimum absolute atomic E-state index is 0.244. The molecule has 0 aromatic carbocycles. The van der Waals surface area contributed by atoms with Gasteiger partial charge in [-0.2, -0.15) is 0 Å². The molecule has 0 aliphatic rings. The van der Waals surface area contributed by atoms with Crippen molar-refractivity contribution >= 4 is 0 Å². The third-order valence-electron chi connectivity index (χ3n) is 2.39. The van der Waals surface area contributed by atoms with Crippen LogP contribution in [0.3, 0.4) is 0 Å². The number of nitrogens with zero attached hydrogens (tertiary/aromatic N) is 2. The van der Waals surface area contributed by atoms with Gasteiger partial charge in [-0.25, -0.2) is 0 Å². The molecular weight excluding hydrogens is 214 g/mol. The van der Waals surface area contributed by atoms with Gasteiger partial charge in [0, 0.05) is 37.8 Å². The van der Waals surface area contributed by atoms with E-state index in [2.05, 4.69) is 36.1 Å².